The third kappa shape index (κ3) is 8.32. The minimum absolute atomic E-state index is 0.0935. The molecule has 1 rings (SSSR count). The van der Waals surface area contributed by atoms with Gasteiger partial charge in [-0.05, 0) is 18.9 Å². The number of rotatable bonds is 2. The molecule has 1 unspecified atom stereocenters. The molecule has 0 bridgehead atoms. The van der Waals surface area contributed by atoms with Crippen molar-refractivity contribution < 1.29 is 4.79 Å². The summed E-state index contributed by atoms with van der Waals surface area (Å²) in [5.74, 6) is 1.78. The zero-order valence-electron chi connectivity index (χ0n) is 10.3. The summed E-state index contributed by atoms with van der Waals surface area (Å²) in [5, 5.41) is 0. The van der Waals surface area contributed by atoms with Crippen molar-refractivity contribution in [3.05, 3.63) is 35.7 Å². The van der Waals surface area contributed by atoms with Gasteiger partial charge >= 0.3 is 0 Å². The van der Waals surface area contributed by atoms with E-state index in [9.17, 15) is 4.79 Å². The van der Waals surface area contributed by atoms with Gasteiger partial charge in [0.05, 0.1) is 0 Å². The lowest BCUT2D eigenvalue weighted by Gasteiger charge is -2.01. The lowest BCUT2D eigenvalue weighted by Crippen LogP contribution is -1.97. The molecule has 0 N–H and O–H groups in total. The van der Waals surface area contributed by atoms with Gasteiger partial charge in [-0.25, -0.2) is 0 Å². The van der Waals surface area contributed by atoms with Gasteiger partial charge in [-0.1, -0.05) is 51.7 Å². The zero-order valence-corrected chi connectivity index (χ0v) is 11.4. The molecule has 0 aromatic carbocycles. The normalized spacial score (nSPS) is 13.3. The molecule has 0 saturated carbocycles. The summed E-state index contributed by atoms with van der Waals surface area (Å²) in [6.45, 7) is 8.00. The van der Waals surface area contributed by atoms with Crippen molar-refractivity contribution in [2.75, 3.05) is 0 Å². The minimum Gasteiger partial charge on any atom is -0.289 e. The Morgan fingerprint density at radius 3 is 2.27 bits per heavy atom. The zero-order chi connectivity index (χ0) is 12.1. The summed E-state index contributed by atoms with van der Waals surface area (Å²) in [6, 6.07) is 0. The average Bonchev–Trinajstić information content (AvgIpc) is 2.36. The second-order valence-corrected chi connectivity index (χ2v) is 2.75. The number of hydrogen-bond acceptors (Lipinski definition) is 1. The first kappa shape index (κ1) is 16.7. The summed E-state index contributed by atoms with van der Waals surface area (Å²) in [5.41, 5.74) is 0.815. The fourth-order valence-corrected chi connectivity index (χ4v) is 1.15. The van der Waals surface area contributed by atoms with Crippen LogP contribution in [0.2, 0.25) is 0 Å². The maximum absolute atomic E-state index is 11.2. The second kappa shape index (κ2) is 13.3. The Morgan fingerprint density at radius 2 is 1.87 bits per heavy atom. The highest BCUT2D eigenvalue weighted by molar-refractivity contribution is 7.20. The van der Waals surface area contributed by atoms with Crippen molar-refractivity contribution in [2.24, 2.45) is 0 Å². The molecule has 1 nitrogen and oxygen atoms in total. The minimum atomic E-state index is 0.0935. The fourth-order valence-electron chi connectivity index (χ4n) is 0.980. The molecule has 1 aliphatic carbocycles. The molecule has 15 heavy (non-hydrogen) atoms. The van der Waals surface area contributed by atoms with E-state index >= 15 is 0 Å². The van der Waals surface area contributed by atoms with Crippen molar-refractivity contribution in [1.29, 1.82) is 0 Å². The molecule has 0 aromatic rings. The van der Waals surface area contributed by atoms with Gasteiger partial charge in [0.15, 0.2) is 5.78 Å². The Hall–Kier alpha value is -0.680. The molecule has 0 radical (unpaired) electrons. The van der Waals surface area contributed by atoms with Crippen LogP contribution >= 0.6 is 9.24 Å². The van der Waals surface area contributed by atoms with Gasteiger partial charge in [0, 0.05) is 5.57 Å². The van der Waals surface area contributed by atoms with E-state index in [-0.39, 0.29) is 5.78 Å². The number of ketones is 1. The van der Waals surface area contributed by atoms with E-state index < -0.39 is 0 Å². The van der Waals surface area contributed by atoms with Crippen LogP contribution in [0.15, 0.2) is 35.7 Å². The van der Waals surface area contributed by atoms with Crippen molar-refractivity contribution in [3.63, 3.8) is 0 Å². The van der Waals surface area contributed by atoms with E-state index in [0.29, 0.717) is 0 Å². The Bertz CT molecular complexity index is 237. The maximum Gasteiger partial charge on any atom is 0.185 e. The molecule has 0 amide bonds. The SMILES string of the molecule is CC.CC.O=C(/C=C\P)C1=CCCC=C1. The molecule has 0 heterocycles. The van der Waals surface area contributed by atoms with Gasteiger partial charge in [-0.15, -0.1) is 9.24 Å². The van der Waals surface area contributed by atoms with E-state index in [4.69, 9.17) is 0 Å². The summed E-state index contributed by atoms with van der Waals surface area (Å²) < 4.78 is 0. The molecule has 1 atom stereocenters. The summed E-state index contributed by atoms with van der Waals surface area (Å²) in [6.07, 6.45) is 9.50. The molecular formula is C13H23OP. The second-order valence-electron chi connectivity index (χ2n) is 2.36. The van der Waals surface area contributed by atoms with Gasteiger partial charge < -0.3 is 0 Å². The fraction of sp³-hybridized carbons (Fsp3) is 0.462. The lowest BCUT2D eigenvalue weighted by molar-refractivity contribution is -0.111. The van der Waals surface area contributed by atoms with Gasteiger partial charge in [-0.2, -0.15) is 0 Å². The third-order valence-electron chi connectivity index (χ3n) is 1.53. The maximum atomic E-state index is 11.2. The van der Waals surface area contributed by atoms with Gasteiger partial charge in [0.1, 0.15) is 0 Å². The van der Waals surface area contributed by atoms with Crippen molar-refractivity contribution >= 4 is 15.0 Å². The van der Waals surface area contributed by atoms with Crippen LogP contribution in [0.1, 0.15) is 40.5 Å². The highest BCUT2D eigenvalue weighted by Gasteiger charge is 2.02. The van der Waals surface area contributed by atoms with Crippen LogP contribution in [0.4, 0.5) is 0 Å². The Kier molecular flexibility index (Phi) is 14.9. The van der Waals surface area contributed by atoms with Crippen LogP contribution in [-0.2, 0) is 4.79 Å². The first-order chi connectivity index (χ1) is 7.34. The number of carbonyl (C=O) groups excluding carboxylic acids is 1. The monoisotopic (exact) mass is 226 g/mol. The van der Waals surface area contributed by atoms with Gasteiger partial charge in [0.25, 0.3) is 0 Å². The van der Waals surface area contributed by atoms with Crippen molar-refractivity contribution in [2.45, 2.75) is 40.5 Å². The third-order valence-corrected chi connectivity index (χ3v) is 1.72. The molecule has 0 aliphatic heterocycles. The molecule has 86 valence electrons. The van der Waals surface area contributed by atoms with E-state index in [1.165, 1.54) is 0 Å². The lowest BCUT2D eigenvalue weighted by atomic mass is 10.0. The quantitative estimate of drug-likeness (QED) is 0.507. The summed E-state index contributed by atoms with van der Waals surface area (Å²) in [7, 11) is 2.39. The molecule has 2 heteroatoms. The van der Waals surface area contributed by atoms with E-state index in [0.717, 1.165) is 18.4 Å². The Labute approximate surface area is 96.5 Å². The predicted molar refractivity (Wildman–Crippen MR) is 73.0 cm³/mol. The molecule has 0 spiro atoms. The average molecular weight is 226 g/mol. The van der Waals surface area contributed by atoms with Crippen LogP contribution in [-0.4, -0.2) is 5.78 Å². The van der Waals surface area contributed by atoms with Crippen LogP contribution in [0.3, 0.4) is 0 Å². The number of hydrogen-bond donors (Lipinski definition) is 0. The number of allylic oxidation sites excluding steroid dienone is 5. The van der Waals surface area contributed by atoms with E-state index in [1.807, 2.05) is 45.9 Å². The number of carbonyl (C=O) groups is 1. The summed E-state index contributed by atoms with van der Waals surface area (Å²) in [4.78, 5) is 11.2. The highest BCUT2D eigenvalue weighted by Crippen LogP contribution is 2.10. The molecule has 1 aliphatic rings. The van der Waals surface area contributed by atoms with E-state index in [2.05, 4.69) is 9.24 Å². The smallest absolute Gasteiger partial charge is 0.185 e. The molecular weight excluding hydrogens is 203 g/mol. The van der Waals surface area contributed by atoms with Crippen molar-refractivity contribution in [3.8, 4) is 0 Å². The first-order valence-electron chi connectivity index (χ1n) is 5.64. The van der Waals surface area contributed by atoms with Gasteiger partial charge in [0.2, 0.25) is 0 Å². The van der Waals surface area contributed by atoms with Gasteiger partial charge in [-0.3, -0.25) is 4.79 Å². The largest absolute Gasteiger partial charge is 0.289 e. The molecule has 0 fully saturated rings. The predicted octanol–water partition coefficient (Wildman–Crippen LogP) is 4.27. The molecule has 0 saturated heterocycles. The molecule has 0 aromatic heterocycles. The Balaban J connectivity index is 0. The topological polar surface area (TPSA) is 17.1 Å². The Morgan fingerprint density at radius 1 is 1.27 bits per heavy atom. The van der Waals surface area contributed by atoms with Crippen molar-refractivity contribution in [1.82, 2.24) is 0 Å². The van der Waals surface area contributed by atoms with Crippen LogP contribution < -0.4 is 0 Å². The van der Waals surface area contributed by atoms with Crippen LogP contribution in [0, 0.1) is 0 Å². The highest BCUT2D eigenvalue weighted by atomic mass is 31.0. The van der Waals surface area contributed by atoms with Crippen LogP contribution in [0.25, 0.3) is 0 Å². The summed E-state index contributed by atoms with van der Waals surface area (Å²) >= 11 is 0. The standard InChI is InChI=1S/C9H11OP.2C2H6/c10-9(6-7-11)8-4-2-1-3-5-8;2*1-2/h2,4-7H,1,3,11H2;2*1-2H3/b7-6-;;. The first-order valence-corrected chi connectivity index (χ1v) is 6.30. The van der Waals surface area contributed by atoms with Crippen LogP contribution in [0.5, 0.6) is 0 Å². The van der Waals surface area contributed by atoms with E-state index in [1.54, 1.807) is 11.9 Å².